The summed E-state index contributed by atoms with van der Waals surface area (Å²) in [5, 5.41) is 3.57. The maximum atomic E-state index is 4.94. The maximum absolute atomic E-state index is 4.94. The Labute approximate surface area is 72.8 Å². The highest BCUT2D eigenvalue weighted by atomic mass is 16.5. The van der Waals surface area contributed by atoms with E-state index in [1.54, 1.807) is 0 Å². The van der Waals surface area contributed by atoms with Crippen LogP contribution in [0.2, 0.25) is 0 Å². The smallest absolute Gasteiger partial charge is 0.281 e. The van der Waals surface area contributed by atoms with E-state index >= 15 is 0 Å². The van der Waals surface area contributed by atoms with Crippen LogP contribution in [-0.4, -0.2) is 34.8 Å². The van der Waals surface area contributed by atoms with Gasteiger partial charge in [0.25, 0.3) is 5.89 Å². The maximum Gasteiger partial charge on any atom is 0.281 e. The van der Waals surface area contributed by atoms with Gasteiger partial charge in [-0.2, -0.15) is 4.98 Å². The zero-order valence-corrected chi connectivity index (χ0v) is 8.11. The van der Waals surface area contributed by atoms with Gasteiger partial charge in [0.05, 0.1) is 20.1 Å². The summed E-state index contributed by atoms with van der Waals surface area (Å²) >= 11 is 0. The first-order chi connectivity index (χ1) is 5.52. The minimum absolute atomic E-state index is 0.553. The molecule has 1 aromatic heterocycles. The number of hydrogen-bond acceptors (Lipinski definition) is 3. The summed E-state index contributed by atoms with van der Waals surface area (Å²) in [5.41, 5.74) is 0. The second-order valence-electron chi connectivity index (χ2n) is 3.87. The second-order valence-corrected chi connectivity index (χ2v) is 3.87. The lowest BCUT2D eigenvalue weighted by Crippen LogP contribution is -2.44. The van der Waals surface area contributed by atoms with Crippen LogP contribution in [-0.2, 0) is 6.54 Å². The molecule has 0 amide bonds. The molecule has 0 aromatic carbocycles. The number of quaternary nitrogens is 1. The molecule has 4 heteroatoms. The number of aromatic nitrogens is 2. The van der Waals surface area contributed by atoms with Crippen molar-refractivity contribution in [1.29, 1.82) is 0 Å². The van der Waals surface area contributed by atoms with Crippen LogP contribution in [0.3, 0.4) is 0 Å². The Bertz CT molecular complexity index is 228. The first kappa shape index (κ1) is 9.19. The van der Waals surface area contributed by atoms with Gasteiger partial charge >= 0.3 is 0 Å². The topological polar surface area (TPSA) is 38.9 Å². The van der Waals surface area contributed by atoms with Gasteiger partial charge in [-0.15, -0.1) is 0 Å². The molecule has 0 aliphatic carbocycles. The van der Waals surface area contributed by atoms with Crippen LogP contribution in [0.1, 0.15) is 19.7 Å². The van der Waals surface area contributed by atoms with E-state index in [2.05, 4.69) is 38.1 Å². The quantitative estimate of drug-likeness (QED) is 0.636. The molecule has 68 valence electrons. The lowest BCUT2D eigenvalue weighted by molar-refractivity contribution is -0.925. The molecule has 1 aromatic rings. The molecular weight excluding hydrogens is 154 g/mol. The number of hydrogen-bond donors (Lipinski definition) is 0. The Kier molecular flexibility index (Phi) is 2.47. The van der Waals surface area contributed by atoms with E-state index in [9.17, 15) is 0 Å². The summed E-state index contributed by atoms with van der Waals surface area (Å²) in [6.45, 7) is 5.14. The first-order valence-electron chi connectivity index (χ1n) is 4.10. The van der Waals surface area contributed by atoms with Crippen molar-refractivity contribution in [2.45, 2.75) is 26.4 Å². The minimum Gasteiger partial charge on any atom is -0.333 e. The molecule has 4 nitrogen and oxygen atoms in total. The van der Waals surface area contributed by atoms with Crippen molar-refractivity contribution in [2.24, 2.45) is 0 Å². The standard InChI is InChI=1S/C8H16N3O/c1-7(2)11(3,4)5-8-9-6-10-12-8/h6-7H,5H2,1-4H3/q+1. The molecule has 0 spiro atoms. The van der Waals surface area contributed by atoms with Crippen LogP contribution in [0.25, 0.3) is 0 Å². The van der Waals surface area contributed by atoms with E-state index in [4.69, 9.17) is 4.52 Å². The molecule has 0 saturated heterocycles. The molecule has 0 radical (unpaired) electrons. The normalized spacial score (nSPS) is 12.4. The van der Waals surface area contributed by atoms with E-state index in [-0.39, 0.29) is 0 Å². The van der Waals surface area contributed by atoms with Gasteiger partial charge in [0.15, 0.2) is 12.9 Å². The lowest BCUT2D eigenvalue weighted by Gasteiger charge is -2.32. The zero-order chi connectivity index (χ0) is 9.19. The van der Waals surface area contributed by atoms with E-state index in [1.165, 1.54) is 6.33 Å². The van der Waals surface area contributed by atoms with Crippen molar-refractivity contribution < 1.29 is 9.01 Å². The summed E-state index contributed by atoms with van der Waals surface area (Å²) in [6.07, 6.45) is 1.44. The van der Waals surface area contributed by atoms with Crippen LogP contribution in [0.5, 0.6) is 0 Å². The molecule has 1 rings (SSSR count). The van der Waals surface area contributed by atoms with Crippen molar-refractivity contribution >= 4 is 0 Å². The van der Waals surface area contributed by atoms with Crippen LogP contribution in [0.4, 0.5) is 0 Å². The van der Waals surface area contributed by atoms with Crippen molar-refractivity contribution in [3.63, 3.8) is 0 Å². The molecule has 0 unspecified atom stereocenters. The monoisotopic (exact) mass is 170 g/mol. The SMILES string of the molecule is CC(C)[N+](C)(C)Cc1ncno1. The number of rotatable bonds is 3. The van der Waals surface area contributed by atoms with Gasteiger partial charge in [0, 0.05) is 0 Å². The van der Waals surface area contributed by atoms with Crippen molar-refractivity contribution in [3.8, 4) is 0 Å². The fourth-order valence-electron chi connectivity index (χ4n) is 0.797. The lowest BCUT2D eigenvalue weighted by atomic mass is 10.3. The third-order valence-electron chi connectivity index (χ3n) is 2.35. The van der Waals surface area contributed by atoms with Crippen molar-refractivity contribution in [2.75, 3.05) is 14.1 Å². The third-order valence-corrected chi connectivity index (χ3v) is 2.35. The Morgan fingerprint density at radius 3 is 2.58 bits per heavy atom. The fourth-order valence-corrected chi connectivity index (χ4v) is 0.797. The Balaban J connectivity index is 2.62. The summed E-state index contributed by atoms with van der Waals surface area (Å²) < 4.78 is 5.81. The van der Waals surface area contributed by atoms with Gasteiger partial charge in [-0.25, -0.2) is 0 Å². The highest BCUT2D eigenvalue weighted by molar-refractivity contribution is 4.69. The largest absolute Gasteiger partial charge is 0.333 e. The summed E-state index contributed by atoms with van der Waals surface area (Å²) in [5.74, 6) is 0.703. The third kappa shape index (κ3) is 2.04. The van der Waals surface area contributed by atoms with Gasteiger partial charge in [-0.05, 0) is 13.8 Å². The Morgan fingerprint density at radius 2 is 2.17 bits per heavy atom. The predicted molar refractivity (Wildman–Crippen MR) is 45.2 cm³/mol. The molecule has 0 bridgehead atoms. The Morgan fingerprint density at radius 1 is 1.50 bits per heavy atom. The highest BCUT2D eigenvalue weighted by Gasteiger charge is 2.22. The second kappa shape index (κ2) is 3.23. The van der Waals surface area contributed by atoms with Crippen molar-refractivity contribution in [1.82, 2.24) is 10.1 Å². The molecule has 0 atom stereocenters. The molecule has 0 aliphatic heterocycles. The van der Waals surface area contributed by atoms with E-state index in [1.807, 2.05) is 0 Å². The average Bonchev–Trinajstić information content (AvgIpc) is 2.38. The summed E-state index contributed by atoms with van der Waals surface area (Å²) in [4.78, 5) is 3.99. The first-order valence-corrected chi connectivity index (χ1v) is 4.10. The summed E-state index contributed by atoms with van der Waals surface area (Å²) in [7, 11) is 4.30. The average molecular weight is 170 g/mol. The molecule has 0 saturated carbocycles. The number of nitrogens with zero attached hydrogens (tertiary/aromatic N) is 3. The molecule has 0 N–H and O–H groups in total. The van der Waals surface area contributed by atoms with Gasteiger partial charge in [0.2, 0.25) is 0 Å². The molecule has 12 heavy (non-hydrogen) atoms. The fraction of sp³-hybridized carbons (Fsp3) is 0.750. The summed E-state index contributed by atoms with van der Waals surface area (Å²) in [6, 6.07) is 0.553. The molecule has 1 heterocycles. The molecule has 0 aliphatic rings. The minimum atomic E-state index is 0.553. The van der Waals surface area contributed by atoms with E-state index in [0.717, 1.165) is 11.0 Å². The van der Waals surface area contributed by atoms with Crippen LogP contribution in [0, 0.1) is 0 Å². The van der Waals surface area contributed by atoms with Crippen LogP contribution < -0.4 is 0 Å². The van der Waals surface area contributed by atoms with Gasteiger partial charge in [-0.1, -0.05) is 5.16 Å². The van der Waals surface area contributed by atoms with Gasteiger partial charge < -0.3 is 9.01 Å². The highest BCUT2D eigenvalue weighted by Crippen LogP contribution is 2.10. The molecular formula is C8H16N3O+. The van der Waals surface area contributed by atoms with Gasteiger partial charge in [-0.3, -0.25) is 0 Å². The van der Waals surface area contributed by atoms with E-state index < -0.39 is 0 Å². The van der Waals surface area contributed by atoms with Crippen LogP contribution >= 0.6 is 0 Å². The van der Waals surface area contributed by atoms with Crippen molar-refractivity contribution in [3.05, 3.63) is 12.2 Å². The zero-order valence-electron chi connectivity index (χ0n) is 8.11. The predicted octanol–water partition coefficient (Wildman–Crippen LogP) is 1.05. The Hall–Kier alpha value is -0.900. The van der Waals surface area contributed by atoms with Crippen LogP contribution in [0.15, 0.2) is 10.9 Å². The van der Waals surface area contributed by atoms with E-state index in [0.29, 0.717) is 11.9 Å². The van der Waals surface area contributed by atoms with Gasteiger partial charge in [0.1, 0.15) is 0 Å². The molecule has 0 fully saturated rings.